The number of rotatable bonds is 5. The minimum absolute atomic E-state index is 0.115. The van der Waals surface area contributed by atoms with E-state index < -0.39 is 46.9 Å². The number of hydrogen-bond acceptors (Lipinski definition) is 3. The molecular weight excluding hydrogens is 451 g/mol. The largest absolute Gasteiger partial charge is 0.428 e. The Kier molecular flexibility index (Phi) is 6.97. The molecular formula is C16H9Cl3F4N2O3. The van der Waals surface area contributed by atoms with E-state index in [1.807, 2.05) is 0 Å². The fourth-order valence-corrected chi connectivity index (χ4v) is 2.57. The Morgan fingerprint density at radius 1 is 1.07 bits per heavy atom. The van der Waals surface area contributed by atoms with E-state index in [0.717, 1.165) is 30.3 Å². The number of carbonyl (C=O) groups is 2. The van der Waals surface area contributed by atoms with Crippen LogP contribution in [0, 0.1) is 11.6 Å². The fourth-order valence-electron chi connectivity index (χ4n) is 1.95. The van der Waals surface area contributed by atoms with Crippen molar-refractivity contribution in [2.45, 2.75) is 6.11 Å². The molecule has 0 saturated carbocycles. The van der Waals surface area contributed by atoms with Gasteiger partial charge in [0, 0.05) is 5.69 Å². The van der Waals surface area contributed by atoms with Crippen molar-refractivity contribution < 1.29 is 31.9 Å². The molecule has 0 aromatic heterocycles. The highest BCUT2D eigenvalue weighted by molar-refractivity contribution is 6.37. The van der Waals surface area contributed by atoms with E-state index in [-0.39, 0.29) is 15.7 Å². The van der Waals surface area contributed by atoms with Crippen LogP contribution in [0.3, 0.4) is 0 Å². The van der Waals surface area contributed by atoms with Crippen molar-refractivity contribution in [2.75, 3.05) is 11.2 Å². The minimum Gasteiger partial charge on any atom is -0.428 e. The Bertz CT molecular complexity index is 885. The maximum atomic E-state index is 13.5. The zero-order valence-electron chi connectivity index (χ0n) is 13.5. The summed E-state index contributed by atoms with van der Waals surface area (Å²) in [6.07, 6.45) is -3.74. The predicted octanol–water partition coefficient (Wildman–Crippen LogP) is 5.44. The monoisotopic (exact) mass is 458 g/mol. The van der Waals surface area contributed by atoms with Crippen LogP contribution in [-0.2, 0) is 0 Å². The molecule has 0 aliphatic carbocycles. The predicted molar refractivity (Wildman–Crippen MR) is 95.6 cm³/mol. The number of nitrogens with one attached hydrogen (secondary N) is 2. The van der Waals surface area contributed by atoms with Gasteiger partial charge in [-0.1, -0.05) is 29.3 Å². The summed E-state index contributed by atoms with van der Waals surface area (Å²) in [5.74, 6) is -5.41. The summed E-state index contributed by atoms with van der Waals surface area (Å²) in [5, 5.41) is 3.04. The number of amides is 3. The number of benzene rings is 2. The van der Waals surface area contributed by atoms with E-state index in [2.05, 4.69) is 10.1 Å². The third-order valence-electron chi connectivity index (χ3n) is 3.08. The standard InChI is InChI=1S/C16H9Cl3F4N2O3/c17-6-16(22,23)28-13-8(18)4-7(5-9(13)19)24-15(27)25-14(26)12-10(20)2-1-3-11(12)21/h1-5H,6H2,(H2,24,25,26,27). The van der Waals surface area contributed by atoms with Gasteiger partial charge >= 0.3 is 12.1 Å². The molecule has 5 nitrogen and oxygen atoms in total. The average Bonchev–Trinajstić information content (AvgIpc) is 2.58. The highest BCUT2D eigenvalue weighted by Gasteiger charge is 2.32. The second-order valence-electron chi connectivity index (χ2n) is 5.15. The Hall–Kier alpha value is -2.23. The van der Waals surface area contributed by atoms with E-state index in [9.17, 15) is 27.2 Å². The van der Waals surface area contributed by atoms with Crippen molar-refractivity contribution in [1.29, 1.82) is 0 Å². The van der Waals surface area contributed by atoms with Crippen LogP contribution in [0.1, 0.15) is 10.4 Å². The second kappa shape index (κ2) is 8.85. The summed E-state index contributed by atoms with van der Waals surface area (Å²) >= 11 is 16.7. The van der Waals surface area contributed by atoms with Gasteiger partial charge in [0.25, 0.3) is 5.91 Å². The SMILES string of the molecule is O=C(NC(=O)c1c(F)cccc1F)Nc1cc(Cl)c(OC(F)(F)CCl)c(Cl)c1. The lowest BCUT2D eigenvalue weighted by Crippen LogP contribution is -2.35. The minimum atomic E-state index is -3.74. The maximum Gasteiger partial charge on any atom is 0.411 e. The van der Waals surface area contributed by atoms with Gasteiger partial charge in [-0.3, -0.25) is 10.1 Å². The van der Waals surface area contributed by atoms with Gasteiger partial charge in [0.05, 0.1) is 10.0 Å². The lowest BCUT2D eigenvalue weighted by Gasteiger charge is -2.18. The number of halogens is 7. The molecule has 0 bridgehead atoms. The summed E-state index contributed by atoms with van der Waals surface area (Å²) in [7, 11) is 0. The number of hydrogen-bond donors (Lipinski definition) is 2. The van der Waals surface area contributed by atoms with Gasteiger partial charge < -0.3 is 10.1 Å². The van der Waals surface area contributed by atoms with Crippen LogP contribution in [-0.4, -0.2) is 23.9 Å². The molecule has 0 aliphatic heterocycles. The lowest BCUT2D eigenvalue weighted by molar-refractivity contribution is -0.155. The van der Waals surface area contributed by atoms with E-state index in [1.165, 1.54) is 0 Å². The number of anilines is 1. The molecule has 150 valence electrons. The molecule has 0 fully saturated rings. The van der Waals surface area contributed by atoms with Crippen molar-refractivity contribution in [3.8, 4) is 5.75 Å². The number of imide groups is 1. The molecule has 0 spiro atoms. The van der Waals surface area contributed by atoms with Crippen molar-refractivity contribution >= 4 is 52.4 Å². The summed E-state index contributed by atoms with van der Waals surface area (Å²) in [6, 6.07) is 3.54. The first-order chi connectivity index (χ1) is 13.0. The van der Waals surface area contributed by atoms with Crippen molar-refractivity contribution in [2.24, 2.45) is 0 Å². The molecule has 3 amide bonds. The summed E-state index contributed by atoms with van der Waals surface area (Å²) in [6.45, 7) is 0. The van der Waals surface area contributed by atoms with E-state index in [4.69, 9.17) is 34.8 Å². The van der Waals surface area contributed by atoms with E-state index >= 15 is 0 Å². The fraction of sp³-hybridized carbons (Fsp3) is 0.125. The molecule has 0 atom stereocenters. The Morgan fingerprint density at radius 2 is 1.61 bits per heavy atom. The smallest absolute Gasteiger partial charge is 0.411 e. The van der Waals surface area contributed by atoms with Crippen LogP contribution in [0.15, 0.2) is 30.3 Å². The third-order valence-corrected chi connectivity index (χ3v) is 3.95. The van der Waals surface area contributed by atoms with E-state index in [0.29, 0.717) is 0 Å². The van der Waals surface area contributed by atoms with Crippen LogP contribution in [0.5, 0.6) is 5.75 Å². The van der Waals surface area contributed by atoms with Crippen molar-refractivity contribution in [1.82, 2.24) is 5.32 Å². The van der Waals surface area contributed by atoms with Crippen LogP contribution in [0.25, 0.3) is 0 Å². The number of alkyl halides is 3. The first kappa shape index (κ1) is 22.1. The first-order valence-corrected chi connectivity index (χ1v) is 8.51. The van der Waals surface area contributed by atoms with Crippen LogP contribution in [0.4, 0.5) is 28.0 Å². The molecule has 0 radical (unpaired) electrons. The first-order valence-electron chi connectivity index (χ1n) is 7.22. The summed E-state index contributed by atoms with van der Waals surface area (Å²) < 4.78 is 57.9. The third kappa shape index (κ3) is 5.40. The van der Waals surface area contributed by atoms with E-state index in [1.54, 1.807) is 5.32 Å². The van der Waals surface area contributed by atoms with Gasteiger partial charge in [-0.15, -0.1) is 11.6 Å². The van der Waals surface area contributed by atoms with Gasteiger partial charge in [0.15, 0.2) is 5.75 Å². The average molecular weight is 460 g/mol. The zero-order chi connectivity index (χ0) is 21.1. The molecule has 2 aromatic rings. The normalized spacial score (nSPS) is 11.1. The molecule has 28 heavy (non-hydrogen) atoms. The molecule has 0 saturated heterocycles. The van der Waals surface area contributed by atoms with Gasteiger partial charge in [-0.05, 0) is 24.3 Å². The van der Waals surface area contributed by atoms with Gasteiger partial charge in [-0.25, -0.2) is 13.6 Å². The number of ether oxygens (including phenoxy) is 1. The molecule has 2 aromatic carbocycles. The topological polar surface area (TPSA) is 67.4 Å². The molecule has 2 rings (SSSR count). The van der Waals surface area contributed by atoms with Gasteiger partial charge in [0.1, 0.15) is 23.1 Å². The molecule has 2 N–H and O–H groups in total. The quantitative estimate of drug-likeness (QED) is 0.462. The van der Waals surface area contributed by atoms with Crippen molar-refractivity contribution in [3.05, 3.63) is 57.6 Å². The number of carbonyl (C=O) groups excluding carboxylic acids is 2. The Balaban J connectivity index is 2.13. The van der Waals surface area contributed by atoms with Gasteiger partial charge in [0.2, 0.25) is 0 Å². The van der Waals surface area contributed by atoms with Crippen LogP contribution < -0.4 is 15.4 Å². The van der Waals surface area contributed by atoms with Gasteiger partial charge in [-0.2, -0.15) is 8.78 Å². The molecule has 12 heteroatoms. The van der Waals surface area contributed by atoms with Crippen molar-refractivity contribution in [3.63, 3.8) is 0 Å². The van der Waals surface area contributed by atoms with Crippen LogP contribution in [0.2, 0.25) is 10.0 Å². The van der Waals surface area contributed by atoms with Crippen LogP contribution >= 0.6 is 34.8 Å². The highest BCUT2D eigenvalue weighted by Crippen LogP contribution is 2.39. The molecule has 0 aliphatic rings. The Labute approximate surface area is 170 Å². The molecule has 0 unspecified atom stereocenters. The second-order valence-corrected chi connectivity index (χ2v) is 6.23. The summed E-state index contributed by atoms with van der Waals surface area (Å²) in [4.78, 5) is 23.7. The highest BCUT2D eigenvalue weighted by atomic mass is 35.5. The lowest BCUT2D eigenvalue weighted by atomic mass is 10.2. The Morgan fingerprint density at radius 3 is 2.11 bits per heavy atom. The molecule has 0 heterocycles. The summed E-state index contributed by atoms with van der Waals surface area (Å²) in [5.41, 5.74) is -1.07. The number of urea groups is 1. The zero-order valence-corrected chi connectivity index (χ0v) is 15.7. The maximum absolute atomic E-state index is 13.5.